The lowest BCUT2D eigenvalue weighted by Crippen LogP contribution is -2.11. The van der Waals surface area contributed by atoms with Gasteiger partial charge in [0.25, 0.3) is 5.91 Å². The minimum Gasteiger partial charge on any atom is -0.495 e. The largest absolute Gasteiger partial charge is 0.495 e. The van der Waals surface area contributed by atoms with E-state index in [1.807, 2.05) is 41.8 Å². The lowest BCUT2D eigenvalue weighted by Gasteiger charge is -2.08. The molecule has 3 aromatic rings. The van der Waals surface area contributed by atoms with Crippen molar-refractivity contribution in [2.24, 2.45) is 0 Å². The van der Waals surface area contributed by atoms with Gasteiger partial charge in [-0.25, -0.2) is 0 Å². The van der Waals surface area contributed by atoms with Crippen LogP contribution in [0.5, 0.6) is 11.5 Å². The number of benzene rings is 2. The Morgan fingerprint density at radius 3 is 2.60 bits per heavy atom. The molecular weight excluding hydrogens is 358 g/mol. The molecule has 3 rings (SSSR count). The Hall–Kier alpha value is -2.50. The Morgan fingerprint density at radius 1 is 1.12 bits per heavy atom. The smallest absolute Gasteiger partial charge is 0.265 e. The number of amides is 1. The number of hydrogen-bond donors (Lipinski definition) is 1. The summed E-state index contributed by atoms with van der Waals surface area (Å²) < 4.78 is 10.9. The zero-order chi connectivity index (χ0) is 17.6. The molecule has 0 spiro atoms. The Bertz CT molecular complexity index is 878. The predicted molar refractivity (Wildman–Crippen MR) is 101 cm³/mol. The topological polar surface area (TPSA) is 47.6 Å². The standard InChI is InChI=1S/C19H16ClNO3S/c1-23-17-9-5-3-7-15(17)21-19(22)18-10-13(12-25-18)11-24-16-8-4-2-6-14(16)20/h2-10,12H,11H2,1H3,(H,21,22). The van der Waals surface area contributed by atoms with Gasteiger partial charge >= 0.3 is 0 Å². The molecule has 0 aliphatic carbocycles. The molecule has 128 valence electrons. The highest BCUT2D eigenvalue weighted by molar-refractivity contribution is 7.12. The van der Waals surface area contributed by atoms with Crippen LogP contribution in [0.15, 0.2) is 60.0 Å². The summed E-state index contributed by atoms with van der Waals surface area (Å²) in [6.07, 6.45) is 0. The fourth-order valence-corrected chi connectivity index (χ4v) is 3.21. The van der Waals surface area contributed by atoms with Crippen molar-refractivity contribution in [2.45, 2.75) is 6.61 Å². The second-order valence-corrected chi connectivity index (χ2v) is 6.51. The monoisotopic (exact) mass is 373 g/mol. The van der Waals surface area contributed by atoms with E-state index in [9.17, 15) is 4.79 Å². The summed E-state index contributed by atoms with van der Waals surface area (Å²) in [4.78, 5) is 13.0. The van der Waals surface area contributed by atoms with Gasteiger partial charge in [-0.15, -0.1) is 11.3 Å². The number of halogens is 1. The molecular formula is C19H16ClNO3S. The summed E-state index contributed by atoms with van der Waals surface area (Å²) in [7, 11) is 1.57. The average molecular weight is 374 g/mol. The number of rotatable bonds is 6. The molecule has 0 saturated carbocycles. The summed E-state index contributed by atoms with van der Waals surface area (Å²) >= 11 is 7.43. The van der Waals surface area contributed by atoms with Crippen molar-refractivity contribution in [3.05, 3.63) is 75.4 Å². The minimum atomic E-state index is -0.182. The fraction of sp³-hybridized carbons (Fsp3) is 0.105. The number of thiophene rings is 1. The normalized spacial score (nSPS) is 10.3. The van der Waals surface area contributed by atoms with Crippen molar-refractivity contribution < 1.29 is 14.3 Å². The lowest BCUT2D eigenvalue weighted by molar-refractivity contribution is 0.103. The van der Waals surface area contributed by atoms with Crippen molar-refractivity contribution in [1.82, 2.24) is 0 Å². The molecule has 6 heteroatoms. The summed E-state index contributed by atoms with van der Waals surface area (Å²) in [5.74, 6) is 1.06. The minimum absolute atomic E-state index is 0.182. The van der Waals surface area contributed by atoms with Crippen LogP contribution in [0.2, 0.25) is 5.02 Å². The van der Waals surface area contributed by atoms with Crippen molar-refractivity contribution in [3.8, 4) is 11.5 Å². The highest BCUT2D eigenvalue weighted by Crippen LogP contribution is 2.27. The number of methoxy groups -OCH3 is 1. The van der Waals surface area contributed by atoms with Crippen LogP contribution in [-0.2, 0) is 6.61 Å². The zero-order valence-corrected chi connectivity index (χ0v) is 15.1. The van der Waals surface area contributed by atoms with Crippen LogP contribution in [0.3, 0.4) is 0 Å². The SMILES string of the molecule is COc1ccccc1NC(=O)c1cc(COc2ccccc2Cl)cs1. The van der Waals surface area contributed by atoms with Crippen LogP contribution < -0.4 is 14.8 Å². The van der Waals surface area contributed by atoms with E-state index in [1.54, 1.807) is 25.3 Å². The van der Waals surface area contributed by atoms with Gasteiger partial charge in [0.1, 0.15) is 18.1 Å². The Labute approximate surface area is 155 Å². The first-order chi connectivity index (χ1) is 12.2. The molecule has 25 heavy (non-hydrogen) atoms. The first-order valence-electron chi connectivity index (χ1n) is 7.56. The van der Waals surface area contributed by atoms with Gasteiger partial charge in [-0.3, -0.25) is 4.79 Å². The number of nitrogens with one attached hydrogen (secondary N) is 1. The predicted octanol–water partition coefficient (Wildman–Crippen LogP) is 5.24. The van der Waals surface area contributed by atoms with Crippen LogP contribution in [0.4, 0.5) is 5.69 Å². The summed E-state index contributed by atoms with van der Waals surface area (Å²) in [6, 6.07) is 16.4. The highest BCUT2D eigenvalue weighted by Gasteiger charge is 2.12. The van der Waals surface area contributed by atoms with Gasteiger partial charge < -0.3 is 14.8 Å². The van der Waals surface area contributed by atoms with E-state index in [4.69, 9.17) is 21.1 Å². The van der Waals surface area contributed by atoms with Crippen LogP contribution in [-0.4, -0.2) is 13.0 Å². The van der Waals surface area contributed by atoms with Crippen LogP contribution in [0.1, 0.15) is 15.2 Å². The molecule has 1 heterocycles. The third-order valence-corrected chi connectivity index (χ3v) is 4.75. The number of para-hydroxylation sites is 3. The van der Waals surface area contributed by atoms with E-state index in [1.165, 1.54) is 11.3 Å². The molecule has 0 fully saturated rings. The van der Waals surface area contributed by atoms with E-state index < -0.39 is 0 Å². The third-order valence-electron chi connectivity index (χ3n) is 3.46. The zero-order valence-electron chi connectivity index (χ0n) is 13.5. The molecule has 0 aliphatic heterocycles. The maximum Gasteiger partial charge on any atom is 0.265 e. The highest BCUT2D eigenvalue weighted by atomic mass is 35.5. The Kier molecular flexibility index (Phi) is 5.58. The first-order valence-corrected chi connectivity index (χ1v) is 8.82. The van der Waals surface area contributed by atoms with Gasteiger partial charge in [0.2, 0.25) is 0 Å². The van der Waals surface area contributed by atoms with Gasteiger partial charge in [-0.05, 0) is 35.7 Å². The number of anilines is 1. The van der Waals surface area contributed by atoms with Crippen LogP contribution in [0.25, 0.3) is 0 Å². The molecule has 0 atom stereocenters. The molecule has 0 unspecified atom stereocenters. The van der Waals surface area contributed by atoms with Crippen molar-refractivity contribution in [1.29, 1.82) is 0 Å². The summed E-state index contributed by atoms with van der Waals surface area (Å²) in [5, 5.41) is 5.32. The molecule has 1 amide bonds. The van der Waals surface area contributed by atoms with Crippen molar-refractivity contribution in [3.63, 3.8) is 0 Å². The van der Waals surface area contributed by atoms with Crippen LogP contribution in [0, 0.1) is 0 Å². The number of carbonyl (C=O) groups is 1. The molecule has 0 radical (unpaired) electrons. The molecule has 0 saturated heterocycles. The van der Waals surface area contributed by atoms with Crippen LogP contribution >= 0.6 is 22.9 Å². The van der Waals surface area contributed by atoms with Crippen molar-refractivity contribution >= 4 is 34.5 Å². The van der Waals surface area contributed by atoms with E-state index in [-0.39, 0.29) is 5.91 Å². The molecule has 0 aliphatic rings. The lowest BCUT2D eigenvalue weighted by atomic mass is 10.2. The average Bonchev–Trinajstić information content (AvgIpc) is 3.11. The van der Waals surface area contributed by atoms with E-state index in [2.05, 4.69) is 5.32 Å². The fourth-order valence-electron chi connectivity index (χ4n) is 2.23. The van der Waals surface area contributed by atoms with Gasteiger partial charge in [-0.1, -0.05) is 35.9 Å². The Morgan fingerprint density at radius 2 is 1.84 bits per heavy atom. The molecule has 2 aromatic carbocycles. The van der Waals surface area contributed by atoms with Gasteiger partial charge in [0, 0.05) is 5.56 Å². The number of ether oxygens (including phenoxy) is 2. The van der Waals surface area contributed by atoms with Gasteiger partial charge in [0.15, 0.2) is 0 Å². The summed E-state index contributed by atoms with van der Waals surface area (Å²) in [6.45, 7) is 0.349. The molecule has 0 bridgehead atoms. The summed E-state index contributed by atoms with van der Waals surface area (Å²) in [5.41, 5.74) is 1.55. The Balaban J connectivity index is 1.64. The number of hydrogen-bond acceptors (Lipinski definition) is 4. The molecule has 1 aromatic heterocycles. The van der Waals surface area contributed by atoms with E-state index >= 15 is 0 Å². The van der Waals surface area contributed by atoms with Gasteiger partial charge in [0.05, 0.1) is 22.7 Å². The maximum absolute atomic E-state index is 12.4. The third kappa shape index (κ3) is 4.32. The van der Waals surface area contributed by atoms with E-state index in [0.29, 0.717) is 33.7 Å². The number of carbonyl (C=O) groups excluding carboxylic acids is 1. The molecule has 4 nitrogen and oxygen atoms in total. The maximum atomic E-state index is 12.4. The van der Waals surface area contributed by atoms with Crippen molar-refractivity contribution in [2.75, 3.05) is 12.4 Å². The second kappa shape index (κ2) is 8.05. The first kappa shape index (κ1) is 17.3. The van der Waals surface area contributed by atoms with Gasteiger partial charge in [-0.2, -0.15) is 0 Å². The van der Waals surface area contributed by atoms with E-state index in [0.717, 1.165) is 5.56 Å². The second-order valence-electron chi connectivity index (χ2n) is 5.19. The quantitative estimate of drug-likeness (QED) is 0.642. The molecule has 1 N–H and O–H groups in total.